The van der Waals surface area contributed by atoms with E-state index in [1.165, 1.54) is 0 Å². The quantitative estimate of drug-likeness (QED) is 0.794. The van der Waals surface area contributed by atoms with Crippen molar-refractivity contribution in [2.45, 2.75) is 13.8 Å². The number of nitrogens with zero attached hydrogens (tertiary/aromatic N) is 1. The molecule has 0 saturated carbocycles. The first-order chi connectivity index (χ1) is 7.99. The van der Waals surface area contributed by atoms with Crippen molar-refractivity contribution in [1.29, 1.82) is 0 Å². The summed E-state index contributed by atoms with van der Waals surface area (Å²) in [5.74, 6) is 1.06. The fourth-order valence-corrected chi connectivity index (χ4v) is 1.26. The Bertz CT molecular complexity index is 375. The minimum atomic E-state index is -0.134. The Hall–Kier alpha value is -1.55. The van der Waals surface area contributed by atoms with E-state index >= 15 is 0 Å². The smallest absolute Gasteiger partial charge is 0.265 e. The normalized spacial score (nSPS) is 10.7. The maximum atomic E-state index is 11.7. The van der Waals surface area contributed by atoms with E-state index in [2.05, 4.69) is 19.3 Å². The first-order valence-electron chi connectivity index (χ1n) is 5.70. The van der Waals surface area contributed by atoms with Gasteiger partial charge in [-0.25, -0.2) is 5.01 Å². The highest BCUT2D eigenvalue weighted by Gasteiger charge is 2.07. The summed E-state index contributed by atoms with van der Waals surface area (Å²) in [5, 5.41) is 1.62. The predicted octanol–water partition coefficient (Wildman–Crippen LogP) is 1.93. The molecule has 0 bridgehead atoms. The number of amides is 1. The van der Waals surface area contributed by atoms with Crippen LogP contribution in [-0.2, 0) is 0 Å². The largest absolute Gasteiger partial charge is 0.493 e. The van der Waals surface area contributed by atoms with E-state index in [9.17, 15) is 4.79 Å². The van der Waals surface area contributed by atoms with Crippen molar-refractivity contribution in [3.05, 3.63) is 29.8 Å². The summed E-state index contributed by atoms with van der Waals surface area (Å²) in [6.45, 7) is 4.82. The number of rotatable bonds is 5. The van der Waals surface area contributed by atoms with E-state index in [1.807, 2.05) is 12.1 Å². The summed E-state index contributed by atoms with van der Waals surface area (Å²) in [6, 6.07) is 7.19. The Kier molecular flexibility index (Phi) is 4.97. The maximum absolute atomic E-state index is 11.7. The molecule has 0 unspecified atom stereocenters. The van der Waals surface area contributed by atoms with Gasteiger partial charge in [0.2, 0.25) is 0 Å². The number of hydrogen-bond acceptors (Lipinski definition) is 3. The molecule has 0 radical (unpaired) electrons. The summed E-state index contributed by atoms with van der Waals surface area (Å²) >= 11 is 0. The van der Waals surface area contributed by atoms with Gasteiger partial charge in [0, 0.05) is 19.7 Å². The average Bonchev–Trinajstić information content (AvgIpc) is 2.26. The standard InChI is InChI=1S/C13H20N2O2/c1-10(2)9-17-12-7-5-6-11(8-12)13(16)14-15(3)4/h5-8,10H,9H2,1-4H3,(H,14,16). The maximum Gasteiger partial charge on any atom is 0.265 e. The second kappa shape index (κ2) is 6.25. The molecule has 1 aromatic rings. The minimum Gasteiger partial charge on any atom is -0.493 e. The molecule has 0 spiro atoms. The molecule has 0 heterocycles. The van der Waals surface area contributed by atoms with Gasteiger partial charge in [-0.05, 0) is 24.1 Å². The fraction of sp³-hybridized carbons (Fsp3) is 0.462. The van der Waals surface area contributed by atoms with E-state index in [0.717, 1.165) is 5.75 Å². The molecule has 4 nitrogen and oxygen atoms in total. The number of ether oxygens (including phenoxy) is 1. The number of hydrazine groups is 1. The van der Waals surface area contributed by atoms with Gasteiger partial charge in [-0.1, -0.05) is 19.9 Å². The van der Waals surface area contributed by atoms with Crippen molar-refractivity contribution in [1.82, 2.24) is 10.4 Å². The van der Waals surface area contributed by atoms with Crippen LogP contribution in [0, 0.1) is 5.92 Å². The zero-order valence-electron chi connectivity index (χ0n) is 10.9. The lowest BCUT2D eigenvalue weighted by atomic mass is 10.2. The van der Waals surface area contributed by atoms with Gasteiger partial charge in [0.05, 0.1) is 6.61 Å². The summed E-state index contributed by atoms with van der Waals surface area (Å²) < 4.78 is 5.57. The molecule has 0 aliphatic carbocycles. The highest BCUT2D eigenvalue weighted by molar-refractivity contribution is 5.94. The van der Waals surface area contributed by atoms with Gasteiger partial charge in [-0.2, -0.15) is 0 Å². The van der Waals surface area contributed by atoms with E-state index < -0.39 is 0 Å². The van der Waals surface area contributed by atoms with Crippen molar-refractivity contribution in [3.63, 3.8) is 0 Å². The van der Waals surface area contributed by atoms with E-state index in [-0.39, 0.29) is 5.91 Å². The van der Waals surface area contributed by atoms with Gasteiger partial charge in [0.25, 0.3) is 5.91 Å². The van der Waals surface area contributed by atoms with Crippen LogP contribution in [0.2, 0.25) is 0 Å². The zero-order valence-corrected chi connectivity index (χ0v) is 10.9. The third-order valence-electron chi connectivity index (χ3n) is 2.00. The molecule has 1 N–H and O–H groups in total. The Morgan fingerprint density at radius 3 is 2.71 bits per heavy atom. The van der Waals surface area contributed by atoms with Crippen molar-refractivity contribution in [2.75, 3.05) is 20.7 Å². The molecule has 4 heteroatoms. The third kappa shape index (κ3) is 4.87. The van der Waals surface area contributed by atoms with Crippen molar-refractivity contribution in [2.24, 2.45) is 5.92 Å². The Balaban J connectivity index is 2.68. The molecule has 0 fully saturated rings. The summed E-state index contributed by atoms with van der Waals surface area (Å²) in [5.41, 5.74) is 3.29. The van der Waals surface area contributed by atoms with Crippen LogP contribution in [0.25, 0.3) is 0 Å². The van der Waals surface area contributed by atoms with Gasteiger partial charge in [-0.3, -0.25) is 10.2 Å². The number of benzene rings is 1. The molecule has 1 rings (SSSR count). The molecule has 0 saturated heterocycles. The van der Waals surface area contributed by atoms with Crippen LogP contribution in [0.3, 0.4) is 0 Å². The number of carbonyl (C=O) groups excluding carboxylic acids is 1. The highest BCUT2D eigenvalue weighted by Crippen LogP contribution is 2.14. The van der Waals surface area contributed by atoms with Gasteiger partial charge in [0.15, 0.2) is 0 Å². The van der Waals surface area contributed by atoms with Crippen LogP contribution >= 0.6 is 0 Å². The van der Waals surface area contributed by atoms with Gasteiger partial charge >= 0.3 is 0 Å². The predicted molar refractivity (Wildman–Crippen MR) is 67.9 cm³/mol. The van der Waals surface area contributed by atoms with E-state index in [0.29, 0.717) is 18.1 Å². The van der Waals surface area contributed by atoms with Gasteiger partial charge in [0.1, 0.15) is 5.75 Å². The number of nitrogens with one attached hydrogen (secondary N) is 1. The van der Waals surface area contributed by atoms with E-state index in [4.69, 9.17) is 4.74 Å². The first kappa shape index (κ1) is 13.5. The lowest BCUT2D eigenvalue weighted by Gasteiger charge is -2.13. The molecule has 94 valence electrons. The summed E-state index contributed by atoms with van der Waals surface area (Å²) in [6.07, 6.45) is 0. The summed E-state index contributed by atoms with van der Waals surface area (Å²) in [4.78, 5) is 11.7. The van der Waals surface area contributed by atoms with Crippen molar-refractivity contribution >= 4 is 5.91 Å². The van der Waals surface area contributed by atoms with E-state index in [1.54, 1.807) is 31.2 Å². The molecule has 0 atom stereocenters. The Labute approximate surface area is 103 Å². The second-order valence-electron chi connectivity index (χ2n) is 4.57. The molecular weight excluding hydrogens is 216 g/mol. The molecule has 1 amide bonds. The SMILES string of the molecule is CC(C)COc1cccc(C(=O)NN(C)C)c1. The molecule has 0 aliphatic rings. The Morgan fingerprint density at radius 1 is 1.41 bits per heavy atom. The van der Waals surface area contributed by atoms with Crippen LogP contribution in [0.4, 0.5) is 0 Å². The van der Waals surface area contributed by atoms with Crippen LogP contribution in [0.5, 0.6) is 5.75 Å². The van der Waals surface area contributed by atoms with Crippen LogP contribution in [0.15, 0.2) is 24.3 Å². The molecule has 17 heavy (non-hydrogen) atoms. The van der Waals surface area contributed by atoms with Crippen LogP contribution in [-0.4, -0.2) is 31.6 Å². The fourth-order valence-electron chi connectivity index (χ4n) is 1.26. The monoisotopic (exact) mass is 236 g/mol. The molecular formula is C13H20N2O2. The Morgan fingerprint density at radius 2 is 2.12 bits per heavy atom. The van der Waals surface area contributed by atoms with Crippen LogP contribution < -0.4 is 10.2 Å². The lowest BCUT2D eigenvalue weighted by Crippen LogP contribution is -2.36. The van der Waals surface area contributed by atoms with Crippen LogP contribution in [0.1, 0.15) is 24.2 Å². The second-order valence-corrected chi connectivity index (χ2v) is 4.57. The zero-order chi connectivity index (χ0) is 12.8. The summed E-state index contributed by atoms with van der Waals surface area (Å²) in [7, 11) is 3.55. The van der Waals surface area contributed by atoms with Gasteiger partial charge < -0.3 is 4.74 Å². The van der Waals surface area contributed by atoms with Crippen molar-refractivity contribution < 1.29 is 9.53 Å². The lowest BCUT2D eigenvalue weighted by molar-refractivity contribution is 0.0856. The minimum absolute atomic E-state index is 0.134. The molecule has 0 aliphatic heterocycles. The highest BCUT2D eigenvalue weighted by atomic mass is 16.5. The van der Waals surface area contributed by atoms with Gasteiger partial charge in [-0.15, -0.1) is 0 Å². The number of carbonyl (C=O) groups is 1. The number of hydrogen-bond donors (Lipinski definition) is 1. The molecule has 0 aromatic heterocycles. The molecule has 1 aromatic carbocycles. The average molecular weight is 236 g/mol. The topological polar surface area (TPSA) is 41.6 Å². The first-order valence-corrected chi connectivity index (χ1v) is 5.70. The third-order valence-corrected chi connectivity index (χ3v) is 2.00. The van der Waals surface area contributed by atoms with Crippen molar-refractivity contribution in [3.8, 4) is 5.75 Å².